The number of nitrogens with one attached hydrogen (secondary N) is 2. The highest BCUT2D eigenvalue weighted by atomic mass is 35.5. The molecule has 1 heterocycles. The van der Waals surface area contributed by atoms with Gasteiger partial charge in [-0.05, 0) is 42.2 Å². The molecule has 0 fully saturated rings. The summed E-state index contributed by atoms with van der Waals surface area (Å²) in [5.41, 5.74) is 4.55. The second-order valence-corrected chi connectivity index (χ2v) is 7.59. The summed E-state index contributed by atoms with van der Waals surface area (Å²) in [5, 5.41) is 8.13. The van der Waals surface area contributed by atoms with Crippen LogP contribution in [0.1, 0.15) is 31.4 Å². The summed E-state index contributed by atoms with van der Waals surface area (Å²) < 4.78 is 0. The van der Waals surface area contributed by atoms with Gasteiger partial charge in [0.2, 0.25) is 0 Å². The minimum atomic E-state index is -0.295. The molecule has 0 amide bonds. The number of carbonyl (C=O) groups is 1. The molecule has 1 aliphatic carbocycles. The quantitative estimate of drug-likeness (QED) is 0.661. The number of carbonyl (C=O) groups excluding carboxylic acids is 1. The smallest absolute Gasteiger partial charge is 0.163 e. The minimum Gasteiger partial charge on any atom is -0.372 e. The summed E-state index contributed by atoms with van der Waals surface area (Å²) >= 11 is 12.5. The van der Waals surface area contributed by atoms with Crippen molar-refractivity contribution in [3.63, 3.8) is 0 Å². The van der Waals surface area contributed by atoms with Crippen LogP contribution in [0.15, 0.2) is 53.7 Å². The van der Waals surface area contributed by atoms with E-state index >= 15 is 0 Å². The van der Waals surface area contributed by atoms with Gasteiger partial charge in [0.1, 0.15) is 0 Å². The normalized spacial score (nSPS) is 22.4. The number of fused-ring (bicyclic) bond motifs is 1. The zero-order valence-electron chi connectivity index (χ0n) is 13.8. The summed E-state index contributed by atoms with van der Waals surface area (Å²) in [6, 6.07) is 13.1. The molecule has 128 valence electrons. The van der Waals surface area contributed by atoms with Crippen LogP contribution in [0.2, 0.25) is 10.0 Å². The summed E-state index contributed by atoms with van der Waals surface area (Å²) in [4.78, 5) is 12.9. The fraction of sp³-hybridized carbons (Fsp3) is 0.250. The molecule has 1 aliphatic heterocycles. The Kier molecular flexibility index (Phi) is 4.22. The molecule has 2 unspecified atom stereocenters. The average Bonchev–Trinajstić information content (AvgIpc) is 2.71. The Labute approximate surface area is 157 Å². The largest absolute Gasteiger partial charge is 0.372 e. The monoisotopic (exact) mass is 372 g/mol. The van der Waals surface area contributed by atoms with Crippen LogP contribution in [0.5, 0.6) is 0 Å². The second-order valence-electron chi connectivity index (χ2n) is 6.74. The van der Waals surface area contributed by atoms with Gasteiger partial charge in [-0.15, -0.1) is 0 Å². The van der Waals surface area contributed by atoms with Crippen molar-refractivity contribution in [1.29, 1.82) is 0 Å². The lowest BCUT2D eigenvalue weighted by molar-refractivity contribution is -0.117. The van der Waals surface area contributed by atoms with Gasteiger partial charge in [0.25, 0.3) is 0 Å². The number of benzene rings is 2. The van der Waals surface area contributed by atoms with Gasteiger partial charge in [-0.25, -0.2) is 0 Å². The van der Waals surface area contributed by atoms with Crippen molar-refractivity contribution >= 4 is 40.4 Å². The second kappa shape index (κ2) is 6.40. The summed E-state index contributed by atoms with van der Waals surface area (Å²) in [6.45, 7) is 2.11. The zero-order valence-corrected chi connectivity index (χ0v) is 15.3. The predicted octanol–water partition coefficient (Wildman–Crippen LogP) is 5.83. The van der Waals surface area contributed by atoms with E-state index in [0.29, 0.717) is 22.4 Å². The fourth-order valence-corrected chi connectivity index (χ4v) is 4.17. The van der Waals surface area contributed by atoms with Crippen molar-refractivity contribution in [3.05, 3.63) is 69.3 Å². The van der Waals surface area contributed by atoms with Crippen molar-refractivity contribution in [1.82, 2.24) is 0 Å². The van der Waals surface area contributed by atoms with Crippen LogP contribution in [-0.2, 0) is 4.79 Å². The predicted molar refractivity (Wildman–Crippen MR) is 103 cm³/mol. The molecule has 5 heteroatoms. The van der Waals surface area contributed by atoms with Crippen molar-refractivity contribution in [2.75, 3.05) is 10.6 Å². The Balaban J connectivity index is 1.90. The number of para-hydroxylation sites is 2. The third-order valence-corrected chi connectivity index (χ3v) is 5.35. The number of rotatable bonds is 1. The number of Topliss-reactive ketones (excluding diaryl/α,β-unsaturated/α-hetero) is 1. The Bertz CT molecular complexity index is 891. The van der Waals surface area contributed by atoms with Crippen LogP contribution < -0.4 is 10.6 Å². The first kappa shape index (κ1) is 16.5. The molecular formula is C20H18Cl2N2O. The molecule has 4 rings (SSSR count). The van der Waals surface area contributed by atoms with E-state index in [4.69, 9.17) is 23.2 Å². The Morgan fingerprint density at radius 1 is 1.04 bits per heavy atom. The van der Waals surface area contributed by atoms with Gasteiger partial charge in [0, 0.05) is 27.7 Å². The summed E-state index contributed by atoms with van der Waals surface area (Å²) in [6.07, 6.45) is 1.40. The first-order valence-electron chi connectivity index (χ1n) is 8.36. The SMILES string of the molecule is CC1CC(=O)C2=C(C1)Nc1ccccc1NC2c1ccc(Cl)cc1Cl. The van der Waals surface area contributed by atoms with Crippen LogP contribution in [0.4, 0.5) is 11.4 Å². The topological polar surface area (TPSA) is 41.1 Å². The lowest BCUT2D eigenvalue weighted by Gasteiger charge is -2.28. The minimum absolute atomic E-state index is 0.164. The van der Waals surface area contributed by atoms with E-state index in [9.17, 15) is 4.79 Å². The first-order chi connectivity index (χ1) is 12.0. The Morgan fingerprint density at radius 3 is 2.56 bits per heavy atom. The lowest BCUT2D eigenvalue weighted by Crippen LogP contribution is -2.26. The van der Waals surface area contributed by atoms with Gasteiger partial charge in [-0.3, -0.25) is 4.79 Å². The molecule has 0 saturated carbocycles. The molecule has 0 bridgehead atoms. The highest BCUT2D eigenvalue weighted by Crippen LogP contribution is 2.43. The maximum atomic E-state index is 12.9. The van der Waals surface area contributed by atoms with E-state index in [1.54, 1.807) is 6.07 Å². The molecule has 0 radical (unpaired) electrons. The van der Waals surface area contributed by atoms with Gasteiger partial charge < -0.3 is 10.6 Å². The molecule has 2 atom stereocenters. The number of hydrogen-bond acceptors (Lipinski definition) is 3. The van der Waals surface area contributed by atoms with Crippen molar-refractivity contribution in [3.8, 4) is 0 Å². The molecule has 0 spiro atoms. The summed E-state index contributed by atoms with van der Waals surface area (Å²) in [5.74, 6) is 0.489. The van der Waals surface area contributed by atoms with E-state index in [2.05, 4.69) is 17.6 Å². The molecule has 2 aromatic rings. The van der Waals surface area contributed by atoms with Crippen LogP contribution in [0, 0.1) is 5.92 Å². The van der Waals surface area contributed by atoms with E-state index < -0.39 is 0 Å². The Hall–Kier alpha value is -1.97. The van der Waals surface area contributed by atoms with E-state index in [-0.39, 0.29) is 11.8 Å². The van der Waals surface area contributed by atoms with Crippen LogP contribution in [0.25, 0.3) is 0 Å². The number of anilines is 2. The molecule has 25 heavy (non-hydrogen) atoms. The Morgan fingerprint density at radius 2 is 1.80 bits per heavy atom. The molecule has 0 saturated heterocycles. The molecule has 2 aliphatic rings. The molecule has 2 aromatic carbocycles. The summed E-state index contributed by atoms with van der Waals surface area (Å²) in [7, 11) is 0. The van der Waals surface area contributed by atoms with Crippen LogP contribution >= 0.6 is 23.2 Å². The van der Waals surface area contributed by atoms with Crippen LogP contribution in [0.3, 0.4) is 0 Å². The molecule has 0 aromatic heterocycles. The van der Waals surface area contributed by atoms with E-state index in [1.165, 1.54) is 0 Å². The van der Waals surface area contributed by atoms with Crippen molar-refractivity contribution in [2.24, 2.45) is 5.92 Å². The third-order valence-electron chi connectivity index (χ3n) is 4.79. The van der Waals surface area contributed by atoms with Gasteiger partial charge in [0.15, 0.2) is 5.78 Å². The van der Waals surface area contributed by atoms with Crippen LogP contribution in [-0.4, -0.2) is 5.78 Å². The standard InChI is InChI=1S/C20H18Cl2N2O/c1-11-8-17-19(18(25)9-11)20(13-7-6-12(21)10-14(13)22)24-16-5-3-2-4-15(16)23-17/h2-7,10-11,20,23-24H,8-9H2,1H3. The van der Waals surface area contributed by atoms with E-state index in [0.717, 1.165) is 34.6 Å². The maximum Gasteiger partial charge on any atom is 0.163 e. The van der Waals surface area contributed by atoms with Gasteiger partial charge >= 0.3 is 0 Å². The van der Waals surface area contributed by atoms with Gasteiger partial charge in [0.05, 0.1) is 17.4 Å². The number of ketones is 1. The average molecular weight is 373 g/mol. The molecule has 3 nitrogen and oxygen atoms in total. The maximum absolute atomic E-state index is 12.9. The molecule has 2 N–H and O–H groups in total. The highest BCUT2D eigenvalue weighted by Gasteiger charge is 2.34. The third kappa shape index (κ3) is 3.03. The highest BCUT2D eigenvalue weighted by molar-refractivity contribution is 6.35. The zero-order chi connectivity index (χ0) is 17.6. The number of hydrogen-bond donors (Lipinski definition) is 2. The molecular weight excluding hydrogens is 355 g/mol. The van der Waals surface area contributed by atoms with Crippen molar-refractivity contribution in [2.45, 2.75) is 25.8 Å². The first-order valence-corrected chi connectivity index (χ1v) is 9.12. The van der Waals surface area contributed by atoms with Crippen molar-refractivity contribution < 1.29 is 4.79 Å². The number of halogens is 2. The fourth-order valence-electron chi connectivity index (χ4n) is 3.66. The van der Waals surface area contributed by atoms with Gasteiger partial charge in [-0.1, -0.05) is 48.3 Å². The van der Waals surface area contributed by atoms with E-state index in [1.807, 2.05) is 36.4 Å². The van der Waals surface area contributed by atoms with Gasteiger partial charge in [-0.2, -0.15) is 0 Å². The number of allylic oxidation sites excluding steroid dienone is 1. The lowest BCUT2D eigenvalue weighted by atomic mass is 9.82.